The van der Waals surface area contributed by atoms with E-state index in [2.05, 4.69) is 51.3 Å². The minimum absolute atomic E-state index is 0.102. The van der Waals surface area contributed by atoms with E-state index < -0.39 is 0 Å². The molecule has 2 saturated heterocycles. The van der Waals surface area contributed by atoms with Crippen LogP contribution < -0.4 is 0 Å². The Kier molecular flexibility index (Phi) is 4.45. The molecule has 2 aliphatic heterocycles. The topological polar surface area (TPSA) is 23.6 Å². The van der Waals surface area contributed by atoms with Crippen molar-refractivity contribution in [3.63, 3.8) is 0 Å². The van der Waals surface area contributed by atoms with Crippen LogP contribution in [0.5, 0.6) is 0 Å². The SMILES string of the molecule is CC(C)(C)CCN1CC2(CCN(C(=O)CC(C)(C)C)C2)C1. The standard InChI is InChI=1S/C18H34N2O/c1-16(2,3)7-9-19-12-18(13-19)8-10-20(14-18)15(21)11-17(4,5)6/h7-14H2,1-6H3. The van der Waals surface area contributed by atoms with Crippen molar-refractivity contribution in [3.05, 3.63) is 0 Å². The normalized spacial score (nSPS) is 22.7. The second-order valence-corrected chi connectivity index (χ2v) is 9.82. The number of carbonyl (C=O) groups is 1. The van der Waals surface area contributed by atoms with Crippen LogP contribution >= 0.6 is 0 Å². The molecule has 0 aliphatic carbocycles. The second kappa shape index (κ2) is 5.57. The summed E-state index contributed by atoms with van der Waals surface area (Å²) >= 11 is 0. The van der Waals surface area contributed by atoms with Crippen LogP contribution in [0, 0.1) is 16.2 Å². The highest BCUT2D eigenvalue weighted by Crippen LogP contribution is 2.40. The molecule has 2 fully saturated rings. The Labute approximate surface area is 131 Å². The molecule has 2 aliphatic rings. The molecule has 122 valence electrons. The Hall–Kier alpha value is -0.570. The van der Waals surface area contributed by atoms with Crippen LogP contribution in [0.25, 0.3) is 0 Å². The number of hydrogen-bond donors (Lipinski definition) is 0. The van der Waals surface area contributed by atoms with Crippen LogP contribution in [0.2, 0.25) is 0 Å². The van der Waals surface area contributed by atoms with Crippen LogP contribution in [0.4, 0.5) is 0 Å². The third-order valence-electron chi connectivity index (χ3n) is 4.77. The maximum atomic E-state index is 12.3. The maximum absolute atomic E-state index is 12.3. The molecule has 0 radical (unpaired) electrons. The van der Waals surface area contributed by atoms with Crippen molar-refractivity contribution in [2.45, 2.75) is 60.8 Å². The Morgan fingerprint density at radius 1 is 1.00 bits per heavy atom. The first-order chi connectivity index (χ1) is 9.48. The van der Waals surface area contributed by atoms with Crippen LogP contribution in [-0.4, -0.2) is 48.4 Å². The molecule has 0 aromatic rings. The molecule has 0 aromatic carbocycles. The quantitative estimate of drug-likeness (QED) is 0.796. The van der Waals surface area contributed by atoms with E-state index in [0.29, 0.717) is 23.2 Å². The molecule has 0 bridgehead atoms. The molecule has 0 N–H and O–H groups in total. The first kappa shape index (κ1) is 16.8. The average molecular weight is 294 g/mol. The van der Waals surface area contributed by atoms with Gasteiger partial charge in [-0.05, 0) is 30.2 Å². The van der Waals surface area contributed by atoms with Crippen LogP contribution in [0.3, 0.4) is 0 Å². The largest absolute Gasteiger partial charge is 0.342 e. The third kappa shape index (κ3) is 4.70. The molecule has 3 heteroatoms. The summed E-state index contributed by atoms with van der Waals surface area (Å²) in [4.78, 5) is 17.0. The van der Waals surface area contributed by atoms with Crippen molar-refractivity contribution < 1.29 is 4.79 Å². The summed E-state index contributed by atoms with van der Waals surface area (Å²) < 4.78 is 0. The smallest absolute Gasteiger partial charge is 0.223 e. The summed E-state index contributed by atoms with van der Waals surface area (Å²) in [5.74, 6) is 0.354. The van der Waals surface area contributed by atoms with Crippen molar-refractivity contribution in [3.8, 4) is 0 Å². The van der Waals surface area contributed by atoms with Crippen molar-refractivity contribution in [2.24, 2.45) is 16.2 Å². The van der Waals surface area contributed by atoms with Crippen molar-refractivity contribution in [1.29, 1.82) is 0 Å². The van der Waals surface area contributed by atoms with Gasteiger partial charge in [-0.1, -0.05) is 41.5 Å². The van der Waals surface area contributed by atoms with Gasteiger partial charge in [0.15, 0.2) is 0 Å². The van der Waals surface area contributed by atoms with E-state index >= 15 is 0 Å². The molecule has 2 heterocycles. The number of hydrogen-bond acceptors (Lipinski definition) is 2. The van der Waals surface area contributed by atoms with Gasteiger partial charge in [0.05, 0.1) is 0 Å². The van der Waals surface area contributed by atoms with Crippen LogP contribution in [-0.2, 0) is 4.79 Å². The van der Waals surface area contributed by atoms with E-state index in [1.165, 1.54) is 32.5 Å². The highest BCUT2D eigenvalue weighted by molar-refractivity contribution is 5.77. The Morgan fingerprint density at radius 3 is 2.14 bits per heavy atom. The maximum Gasteiger partial charge on any atom is 0.223 e. The number of nitrogens with zero attached hydrogens (tertiary/aromatic N) is 2. The number of rotatable bonds is 3. The lowest BCUT2D eigenvalue weighted by atomic mass is 9.78. The summed E-state index contributed by atoms with van der Waals surface area (Å²) in [5.41, 5.74) is 0.948. The second-order valence-electron chi connectivity index (χ2n) is 9.82. The third-order valence-corrected chi connectivity index (χ3v) is 4.77. The van der Waals surface area contributed by atoms with E-state index in [1.807, 2.05) is 0 Å². The molecule has 0 aromatic heterocycles. The fourth-order valence-corrected chi connectivity index (χ4v) is 3.53. The van der Waals surface area contributed by atoms with Crippen molar-refractivity contribution in [2.75, 3.05) is 32.7 Å². The van der Waals surface area contributed by atoms with Gasteiger partial charge in [-0.25, -0.2) is 0 Å². The summed E-state index contributed by atoms with van der Waals surface area (Å²) in [6, 6.07) is 0. The molecule has 21 heavy (non-hydrogen) atoms. The number of amides is 1. The first-order valence-electron chi connectivity index (χ1n) is 8.48. The molecule has 0 saturated carbocycles. The van der Waals surface area contributed by atoms with Gasteiger partial charge in [-0.2, -0.15) is 0 Å². The highest BCUT2D eigenvalue weighted by Gasteiger charge is 2.48. The summed E-state index contributed by atoms with van der Waals surface area (Å²) in [6.45, 7) is 18.9. The predicted molar refractivity (Wildman–Crippen MR) is 88.2 cm³/mol. The Bertz CT molecular complexity index is 383. The van der Waals surface area contributed by atoms with Gasteiger partial charge in [-0.3, -0.25) is 4.79 Å². The molecule has 1 amide bonds. The molecule has 2 rings (SSSR count). The number of carbonyl (C=O) groups excluding carboxylic acids is 1. The van der Waals surface area contributed by atoms with Gasteiger partial charge in [0, 0.05) is 38.0 Å². The van der Waals surface area contributed by atoms with Gasteiger partial charge in [0.1, 0.15) is 0 Å². The minimum atomic E-state index is 0.102. The zero-order valence-corrected chi connectivity index (χ0v) is 15.0. The van der Waals surface area contributed by atoms with Crippen LogP contribution in [0.1, 0.15) is 60.8 Å². The van der Waals surface area contributed by atoms with E-state index in [-0.39, 0.29) is 5.41 Å². The summed E-state index contributed by atoms with van der Waals surface area (Å²) in [6.07, 6.45) is 3.14. The van der Waals surface area contributed by atoms with Gasteiger partial charge in [0.2, 0.25) is 5.91 Å². The molecule has 0 unspecified atom stereocenters. The van der Waals surface area contributed by atoms with E-state index in [0.717, 1.165) is 13.1 Å². The lowest BCUT2D eigenvalue weighted by molar-refractivity contribution is -0.133. The van der Waals surface area contributed by atoms with Crippen molar-refractivity contribution >= 4 is 5.91 Å². The highest BCUT2D eigenvalue weighted by atomic mass is 16.2. The average Bonchev–Trinajstić information content (AvgIpc) is 2.66. The fraction of sp³-hybridized carbons (Fsp3) is 0.944. The Balaban J connectivity index is 1.76. The lowest BCUT2D eigenvalue weighted by Gasteiger charge is -2.48. The molecule has 0 atom stereocenters. The Morgan fingerprint density at radius 2 is 1.62 bits per heavy atom. The minimum Gasteiger partial charge on any atom is -0.342 e. The first-order valence-corrected chi connectivity index (χ1v) is 8.48. The predicted octanol–water partition coefficient (Wildman–Crippen LogP) is 3.39. The van der Waals surface area contributed by atoms with E-state index in [1.54, 1.807) is 0 Å². The van der Waals surface area contributed by atoms with Gasteiger partial charge in [-0.15, -0.1) is 0 Å². The molecule has 3 nitrogen and oxygen atoms in total. The molecular weight excluding hydrogens is 260 g/mol. The number of likely N-dealkylation sites (tertiary alicyclic amines) is 2. The van der Waals surface area contributed by atoms with Crippen molar-refractivity contribution in [1.82, 2.24) is 9.80 Å². The van der Waals surface area contributed by atoms with Gasteiger partial charge in [0.25, 0.3) is 0 Å². The van der Waals surface area contributed by atoms with Gasteiger partial charge >= 0.3 is 0 Å². The van der Waals surface area contributed by atoms with E-state index in [4.69, 9.17) is 0 Å². The molecular formula is C18H34N2O. The lowest BCUT2D eigenvalue weighted by Crippen LogP contribution is -2.58. The zero-order valence-electron chi connectivity index (χ0n) is 15.0. The fourth-order valence-electron chi connectivity index (χ4n) is 3.53. The monoisotopic (exact) mass is 294 g/mol. The van der Waals surface area contributed by atoms with Gasteiger partial charge < -0.3 is 9.80 Å². The molecule has 1 spiro atoms. The van der Waals surface area contributed by atoms with Crippen LogP contribution in [0.15, 0.2) is 0 Å². The summed E-state index contributed by atoms with van der Waals surface area (Å²) in [5, 5.41) is 0. The van der Waals surface area contributed by atoms with E-state index in [9.17, 15) is 4.79 Å². The summed E-state index contributed by atoms with van der Waals surface area (Å²) in [7, 11) is 0. The zero-order chi connectivity index (χ0) is 15.9.